The monoisotopic (exact) mass is 304 g/mol. The molecule has 2 heterocycles. The second-order valence-electron chi connectivity index (χ2n) is 5.70. The second-order valence-corrected chi connectivity index (χ2v) is 6.59. The first-order chi connectivity index (χ1) is 9.90. The Balaban J connectivity index is 2.33. The van der Waals surface area contributed by atoms with Crippen molar-refractivity contribution in [1.82, 2.24) is 9.97 Å². The summed E-state index contributed by atoms with van der Waals surface area (Å²) >= 11 is 1.40. The van der Waals surface area contributed by atoms with Crippen molar-refractivity contribution in [2.45, 2.75) is 33.1 Å². The van der Waals surface area contributed by atoms with Crippen molar-refractivity contribution in [1.29, 1.82) is 0 Å². The number of anilines is 2. The fourth-order valence-corrected chi connectivity index (χ4v) is 2.30. The van der Waals surface area contributed by atoms with Gasteiger partial charge >= 0.3 is 0 Å². The van der Waals surface area contributed by atoms with Crippen LogP contribution in [0.4, 0.5) is 10.9 Å². The third kappa shape index (κ3) is 4.01. The number of hydrogen-bond acceptors (Lipinski definition) is 5. The molecule has 0 aromatic carbocycles. The van der Waals surface area contributed by atoms with Crippen molar-refractivity contribution in [2.24, 2.45) is 0 Å². The lowest BCUT2D eigenvalue weighted by molar-refractivity contribution is 0.102. The van der Waals surface area contributed by atoms with Gasteiger partial charge in [0.05, 0.1) is 0 Å². The quantitative estimate of drug-likeness (QED) is 0.907. The lowest BCUT2D eigenvalue weighted by Gasteiger charge is -2.20. The van der Waals surface area contributed by atoms with E-state index in [1.165, 1.54) is 11.3 Å². The fraction of sp³-hybridized carbons (Fsp3) is 0.400. The highest BCUT2D eigenvalue weighted by atomic mass is 32.1. The lowest BCUT2D eigenvalue weighted by atomic mass is 9.90. The summed E-state index contributed by atoms with van der Waals surface area (Å²) in [6.07, 6.45) is 1.66. The van der Waals surface area contributed by atoms with Gasteiger partial charge in [-0.05, 0) is 19.1 Å². The number of aromatic nitrogens is 2. The van der Waals surface area contributed by atoms with Crippen molar-refractivity contribution in [3.63, 3.8) is 0 Å². The van der Waals surface area contributed by atoms with Gasteiger partial charge in [-0.15, -0.1) is 11.3 Å². The van der Waals surface area contributed by atoms with Crippen molar-refractivity contribution in [3.05, 3.63) is 35.0 Å². The smallest absolute Gasteiger partial charge is 0.257 e. The molecule has 0 unspecified atom stereocenters. The van der Waals surface area contributed by atoms with Crippen LogP contribution in [0.5, 0.6) is 0 Å². The first kappa shape index (κ1) is 15.4. The Morgan fingerprint density at radius 3 is 2.67 bits per heavy atom. The van der Waals surface area contributed by atoms with E-state index in [0.29, 0.717) is 16.5 Å². The van der Waals surface area contributed by atoms with E-state index in [1.54, 1.807) is 12.3 Å². The Hall–Kier alpha value is -1.95. The van der Waals surface area contributed by atoms with Crippen molar-refractivity contribution < 1.29 is 4.79 Å². The zero-order chi connectivity index (χ0) is 15.5. The van der Waals surface area contributed by atoms with Crippen molar-refractivity contribution in [3.8, 4) is 0 Å². The molecule has 0 saturated heterocycles. The summed E-state index contributed by atoms with van der Waals surface area (Å²) in [6.45, 7) is 8.99. The van der Waals surface area contributed by atoms with Gasteiger partial charge in [0.1, 0.15) is 5.82 Å². The molecule has 0 atom stereocenters. The van der Waals surface area contributed by atoms with E-state index >= 15 is 0 Å². The molecule has 5 nitrogen and oxygen atoms in total. The van der Waals surface area contributed by atoms with E-state index in [-0.39, 0.29) is 11.3 Å². The number of rotatable bonds is 4. The van der Waals surface area contributed by atoms with Gasteiger partial charge in [0.15, 0.2) is 5.13 Å². The summed E-state index contributed by atoms with van der Waals surface area (Å²) in [5.41, 5.74) is 1.34. The van der Waals surface area contributed by atoms with Gasteiger partial charge < -0.3 is 5.32 Å². The van der Waals surface area contributed by atoms with Gasteiger partial charge in [0.25, 0.3) is 5.91 Å². The van der Waals surface area contributed by atoms with Gasteiger partial charge in [-0.1, -0.05) is 20.8 Å². The van der Waals surface area contributed by atoms with Crippen molar-refractivity contribution >= 4 is 28.2 Å². The average Bonchev–Trinajstić information content (AvgIpc) is 2.90. The number of nitrogens with one attached hydrogen (secondary N) is 2. The normalized spacial score (nSPS) is 11.2. The maximum Gasteiger partial charge on any atom is 0.257 e. The molecule has 0 aliphatic rings. The molecular formula is C15H20N4OS. The highest BCUT2D eigenvalue weighted by molar-refractivity contribution is 7.13. The summed E-state index contributed by atoms with van der Waals surface area (Å²) in [5.74, 6) is 0.547. The Bertz CT molecular complexity index is 617. The van der Waals surface area contributed by atoms with Crippen LogP contribution in [0.25, 0.3) is 0 Å². The van der Waals surface area contributed by atoms with Crippen LogP contribution in [0.1, 0.15) is 43.7 Å². The zero-order valence-corrected chi connectivity index (χ0v) is 13.5. The molecule has 2 N–H and O–H groups in total. The van der Waals surface area contributed by atoms with E-state index in [2.05, 4.69) is 41.4 Å². The average molecular weight is 304 g/mol. The summed E-state index contributed by atoms with van der Waals surface area (Å²) < 4.78 is 0. The Morgan fingerprint density at radius 2 is 2.10 bits per heavy atom. The van der Waals surface area contributed by atoms with E-state index < -0.39 is 0 Å². The predicted molar refractivity (Wildman–Crippen MR) is 87.2 cm³/mol. The highest BCUT2D eigenvalue weighted by Gasteiger charge is 2.19. The van der Waals surface area contributed by atoms with Crippen LogP contribution >= 0.6 is 11.3 Å². The highest BCUT2D eigenvalue weighted by Crippen LogP contribution is 2.24. The van der Waals surface area contributed by atoms with Crippen LogP contribution in [-0.2, 0) is 5.41 Å². The summed E-state index contributed by atoms with van der Waals surface area (Å²) in [5, 5.41) is 8.39. The molecule has 112 valence electrons. The molecule has 2 aromatic heterocycles. The molecule has 21 heavy (non-hydrogen) atoms. The lowest BCUT2D eigenvalue weighted by Crippen LogP contribution is -2.19. The maximum absolute atomic E-state index is 12.3. The number of pyridine rings is 1. The SMILES string of the molecule is CCNc1cc(C(=O)Nc2nccs2)cc(C(C)(C)C)n1. The minimum absolute atomic E-state index is 0.123. The standard InChI is InChI=1S/C15H20N4OS/c1-5-16-12-9-10(8-11(18-12)15(2,3)4)13(20)19-14-17-6-7-21-14/h6-9H,5H2,1-4H3,(H,16,18)(H,17,19,20). The Labute approximate surface area is 128 Å². The number of thiazole rings is 1. The molecule has 0 saturated carbocycles. The van der Waals surface area contributed by atoms with Crippen LogP contribution in [-0.4, -0.2) is 22.4 Å². The molecule has 0 bridgehead atoms. The largest absolute Gasteiger partial charge is 0.370 e. The first-order valence-corrected chi connectivity index (χ1v) is 7.75. The van der Waals surface area contributed by atoms with Gasteiger partial charge in [-0.25, -0.2) is 9.97 Å². The van der Waals surface area contributed by atoms with Crippen LogP contribution < -0.4 is 10.6 Å². The van der Waals surface area contributed by atoms with Gasteiger partial charge in [-0.2, -0.15) is 0 Å². The fourth-order valence-electron chi connectivity index (χ4n) is 1.77. The summed E-state index contributed by atoms with van der Waals surface area (Å²) in [6, 6.07) is 3.60. The molecule has 2 rings (SSSR count). The van der Waals surface area contributed by atoms with Crippen LogP contribution in [0.15, 0.2) is 23.7 Å². The number of carbonyl (C=O) groups is 1. The molecule has 2 aromatic rings. The van der Waals surface area contributed by atoms with Gasteiger partial charge in [0.2, 0.25) is 0 Å². The maximum atomic E-state index is 12.3. The number of hydrogen-bond donors (Lipinski definition) is 2. The van der Waals surface area contributed by atoms with Crippen LogP contribution in [0.2, 0.25) is 0 Å². The van der Waals surface area contributed by atoms with E-state index in [1.807, 2.05) is 18.4 Å². The minimum atomic E-state index is -0.169. The number of carbonyl (C=O) groups excluding carboxylic acids is 1. The third-order valence-corrected chi connectivity index (χ3v) is 3.56. The summed E-state index contributed by atoms with van der Waals surface area (Å²) in [7, 11) is 0. The minimum Gasteiger partial charge on any atom is -0.370 e. The predicted octanol–water partition coefficient (Wildman–Crippen LogP) is 3.52. The zero-order valence-electron chi connectivity index (χ0n) is 12.7. The van der Waals surface area contributed by atoms with Gasteiger partial charge in [0, 0.05) is 34.8 Å². The van der Waals surface area contributed by atoms with Crippen LogP contribution in [0, 0.1) is 0 Å². The molecular weight excluding hydrogens is 284 g/mol. The molecule has 0 spiro atoms. The topological polar surface area (TPSA) is 66.9 Å². The molecule has 1 amide bonds. The molecule has 0 aliphatic carbocycles. The Morgan fingerprint density at radius 1 is 1.33 bits per heavy atom. The van der Waals surface area contributed by atoms with Gasteiger partial charge in [-0.3, -0.25) is 10.1 Å². The second kappa shape index (κ2) is 6.22. The first-order valence-electron chi connectivity index (χ1n) is 6.87. The summed E-state index contributed by atoms with van der Waals surface area (Å²) in [4.78, 5) is 21.0. The molecule has 0 fully saturated rings. The number of nitrogens with zero attached hydrogens (tertiary/aromatic N) is 2. The van der Waals surface area contributed by atoms with Crippen LogP contribution in [0.3, 0.4) is 0 Å². The molecule has 0 radical (unpaired) electrons. The van der Waals surface area contributed by atoms with Crippen molar-refractivity contribution in [2.75, 3.05) is 17.2 Å². The van der Waals surface area contributed by atoms with E-state index in [4.69, 9.17) is 0 Å². The molecule has 0 aliphatic heterocycles. The van der Waals surface area contributed by atoms with E-state index in [0.717, 1.165) is 12.2 Å². The third-order valence-electron chi connectivity index (χ3n) is 2.87. The number of amides is 1. The molecule has 6 heteroatoms. The Kier molecular flexibility index (Phi) is 4.57. The van der Waals surface area contributed by atoms with E-state index in [9.17, 15) is 4.79 Å².